The highest BCUT2D eigenvalue weighted by Gasteiger charge is 2.26. The summed E-state index contributed by atoms with van der Waals surface area (Å²) in [7, 11) is -3.98. The SMILES string of the molecule is CC=C1Sc2ccc(Cl)cc2N1CCC(C)S(=O)(=O)O. The van der Waals surface area contributed by atoms with E-state index < -0.39 is 15.4 Å². The summed E-state index contributed by atoms with van der Waals surface area (Å²) < 4.78 is 31.2. The van der Waals surface area contributed by atoms with Gasteiger partial charge in [0.2, 0.25) is 0 Å². The van der Waals surface area contributed by atoms with Crippen molar-refractivity contribution in [1.29, 1.82) is 0 Å². The van der Waals surface area contributed by atoms with Crippen molar-refractivity contribution < 1.29 is 13.0 Å². The van der Waals surface area contributed by atoms with Crippen LogP contribution in [0, 0.1) is 0 Å². The lowest BCUT2D eigenvalue weighted by atomic mass is 10.2. The summed E-state index contributed by atoms with van der Waals surface area (Å²) in [6.45, 7) is 3.96. The Morgan fingerprint density at radius 2 is 2.20 bits per heavy atom. The Kier molecular flexibility index (Phi) is 4.69. The molecule has 0 aliphatic carbocycles. The molecule has 1 aliphatic rings. The second-order valence-corrected chi connectivity index (χ2v) is 7.94. The number of nitrogens with zero attached hydrogens (tertiary/aromatic N) is 1. The molecule has 2 rings (SSSR count). The summed E-state index contributed by atoms with van der Waals surface area (Å²) in [4.78, 5) is 3.13. The van der Waals surface area contributed by atoms with E-state index in [1.54, 1.807) is 11.8 Å². The molecule has 1 aliphatic heterocycles. The van der Waals surface area contributed by atoms with Crippen LogP contribution in [0.3, 0.4) is 0 Å². The summed E-state index contributed by atoms with van der Waals surface area (Å²) in [6.07, 6.45) is 2.33. The van der Waals surface area contributed by atoms with Gasteiger partial charge in [-0.3, -0.25) is 4.55 Å². The Hall–Kier alpha value is -0.690. The molecule has 110 valence electrons. The summed E-state index contributed by atoms with van der Waals surface area (Å²) in [5.74, 6) is 0. The van der Waals surface area contributed by atoms with E-state index >= 15 is 0 Å². The first-order valence-corrected chi connectivity index (χ1v) is 8.90. The summed E-state index contributed by atoms with van der Waals surface area (Å²) in [5, 5.41) is 0.910. The first kappa shape index (κ1) is 15.7. The van der Waals surface area contributed by atoms with Gasteiger partial charge in [-0.1, -0.05) is 29.4 Å². The zero-order valence-corrected chi connectivity index (χ0v) is 13.6. The quantitative estimate of drug-likeness (QED) is 0.850. The maximum atomic E-state index is 11.1. The molecule has 0 spiro atoms. The number of anilines is 1. The van der Waals surface area contributed by atoms with Crippen molar-refractivity contribution in [2.24, 2.45) is 0 Å². The Morgan fingerprint density at radius 1 is 1.50 bits per heavy atom. The largest absolute Gasteiger partial charge is 0.335 e. The van der Waals surface area contributed by atoms with Crippen molar-refractivity contribution in [2.45, 2.75) is 30.4 Å². The summed E-state index contributed by atoms with van der Waals surface area (Å²) in [5.41, 5.74) is 0.984. The zero-order chi connectivity index (χ0) is 14.9. The van der Waals surface area contributed by atoms with Crippen molar-refractivity contribution in [3.8, 4) is 0 Å². The number of rotatable bonds is 4. The third kappa shape index (κ3) is 3.31. The molecular formula is C13H16ClNO3S2. The van der Waals surface area contributed by atoms with E-state index in [4.69, 9.17) is 16.2 Å². The number of hydrogen-bond acceptors (Lipinski definition) is 4. The molecule has 0 saturated heterocycles. The van der Waals surface area contributed by atoms with E-state index in [2.05, 4.69) is 0 Å². The van der Waals surface area contributed by atoms with Gasteiger partial charge >= 0.3 is 0 Å². The maximum Gasteiger partial charge on any atom is 0.267 e. The highest BCUT2D eigenvalue weighted by molar-refractivity contribution is 8.03. The van der Waals surface area contributed by atoms with Gasteiger partial charge in [-0.2, -0.15) is 8.42 Å². The molecule has 1 unspecified atom stereocenters. The van der Waals surface area contributed by atoms with Gasteiger partial charge in [-0.05, 0) is 38.5 Å². The van der Waals surface area contributed by atoms with Crippen LogP contribution in [0.1, 0.15) is 20.3 Å². The lowest BCUT2D eigenvalue weighted by molar-refractivity contribution is 0.466. The first-order valence-electron chi connectivity index (χ1n) is 6.20. The smallest absolute Gasteiger partial charge is 0.267 e. The normalized spacial score (nSPS) is 18.4. The fourth-order valence-electron chi connectivity index (χ4n) is 1.98. The van der Waals surface area contributed by atoms with Crippen LogP contribution >= 0.6 is 23.4 Å². The first-order chi connectivity index (χ1) is 9.32. The van der Waals surface area contributed by atoms with Gasteiger partial charge in [0.05, 0.1) is 16.0 Å². The lowest BCUT2D eigenvalue weighted by Gasteiger charge is -2.21. The number of thioether (sulfide) groups is 1. The molecule has 7 heteroatoms. The zero-order valence-electron chi connectivity index (χ0n) is 11.2. The van der Waals surface area contributed by atoms with Crippen LogP contribution in [0.2, 0.25) is 5.02 Å². The molecule has 4 nitrogen and oxygen atoms in total. The molecule has 0 fully saturated rings. The Labute approximate surface area is 128 Å². The van der Waals surface area contributed by atoms with Gasteiger partial charge in [0.1, 0.15) is 0 Å². The van der Waals surface area contributed by atoms with Crippen molar-refractivity contribution in [2.75, 3.05) is 11.4 Å². The summed E-state index contributed by atoms with van der Waals surface area (Å²) >= 11 is 7.65. The van der Waals surface area contributed by atoms with Crippen LogP contribution in [0.4, 0.5) is 5.69 Å². The molecule has 0 bridgehead atoms. The number of benzene rings is 1. The van der Waals surface area contributed by atoms with Crippen LogP contribution in [0.15, 0.2) is 34.2 Å². The van der Waals surface area contributed by atoms with Crippen LogP contribution in [0.5, 0.6) is 0 Å². The van der Waals surface area contributed by atoms with Crippen molar-refractivity contribution >= 4 is 39.2 Å². The maximum absolute atomic E-state index is 11.1. The Balaban J connectivity index is 2.21. The van der Waals surface area contributed by atoms with Gasteiger partial charge in [0, 0.05) is 16.5 Å². The number of allylic oxidation sites excluding steroid dienone is 1. The monoisotopic (exact) mass is 333 g/mol. The fourth-order valence-corrected chi connectivity index (χ4v) is 3.60. The number of hydrogen-bond donors (Lipinski definition) is 1. The Morgan fingerprint density at radius 3 is 2.80 bits per heavy atom. The molecule has 1 atom stereocenters. The minimum atomic E-state index is -3.98. The molecule has 1 heterocycles. The third-order valence-corrected chi connectivity index (χ3v) is 5.93. The average Bonchev–Trinajstić information content (AvgIpc) is 2.71. The van der Waals surface area contributed by atoms with Crippen LogP contribution in [0.25, 0.3) is 0 Å². The molecule has 0 saturated carbocycles. The predicted octanol–water partition coefficient (Wildman–Crippen LogP) is 3.78. The predicted molar refractivity (Wildman–Crippen MR) is 84.0 cm³/mol. The highest BCUT2D eigenvalue weighted by atomic mass is 35.5. The lowest BCUT2D eigenvalue weighted by Crippen LogP contribution is -2.26. The number of halogens is 1. The van der Waals surface area contributed by atoms with E-state index in [0.29, 0.717) is 18.0 Å². The third-order valence-electron chi connectivity index (χ3n) is 3.21. The Bertz CT molecular complexity index is 643. The van der Waals surface area contributed by atoms with Crippen molar-refractivity contribution in [3.63, 3.8) is 0 Å². The minimum absolute atomic E-state index is 0.350. The average molecular weight is 334 g/mol. The van der Waals surface area contributed by atoms with E-state index in [0.717, 1.165) is 15.6 Å². The van der Waals surface area contributed by atoms with E-state index in [1.165, 1.54) is 6.92 Å². The van der Waals surface area contributed by atoms with E-state index in [1.807, 2.05) is 36.1 Å². The molecule has 0 amide bonds. The van der Waals surface area contributed by atoms with Gasteiger partial charge in [0.25, 0.3) is 10.1 Å². The standard InChI is InChI=1S/C13H16ClNO3S2/c1-3-13-15(7-6-9(2)20(16,17)18)11-8-10(14)4-5-12(11)19-13/h3-5,8-9H,6-7H2,1-2H3,(H,16,17,18). The van der Waals surface area contributed by atoms with Crippen LogP contribution < -0.4 is 4.90 Å². The topological polar surface area (TPSA) is 57.6 Å². The van der Waals surface area contributed by atoms with Crippen LogP contribution in [-0.4, -0.2) is 24.8 Å². The molecule has 0 radical (unpaired) electrons. The number of fused-ring (bicyclic) bond motifs is 1. The molecule has 1 aromatic carbocycles. The molecule has 0 aromatic heterocycles. The van der Waals surface area contributed by atoms with E-state index in [9.17, 15) is 8.42 Å². The highest BCUT2D eigenvalue weighted by Crippen LogP contribution is 2.46. The van der Waals surface area contributed by atoms with Crippen molar-refractivity contribution in [3.05, 3.63) is 34.3 Å². The van der Waals surface area contributed by atoms with Gasteiger partial charge in [0.15, 0.2) is 0 Å². The second-order valence-electron chi connectivity index (χ2n) is 4.61. The van der Waals surface area contributed by atoms with Gasteiger partial charge in [-0.25, -0.2) is 0 Å². The van der Waals surface area contributed by atoms with Gasteiger partial charge < -0.3 is 4.90 Å². The molecular weight excluding hydrogens is 318 g/mol. The molecule has 1 N–H and O–H groups in total. The summed E-state index contributed by atoms with van der Waals surface area (Å²) in [6, 6.07) is 5.67. The fraction of sp³-hybridized carbons (Fsp3) is 0.385. The van der Waals surface area contributed by atoms with Gasteiger partial charge in [-0.15, -0.1) is 0 Å². The molecule has 1 aromatic rings. The minimum Gasteiger partial charge on any atom is -0.335 e. The second kappa shape index (κ2) is 5.97. The van der Waals surface area contributed by atoms with E-state index in [-0.39, 0.29) is 0 Å². The van der Waals surface area contributed by atoms with Crippen LogP contribution in [-0.2, 0) is 10.1 Å². The molecule has 20 heavy (non-hydrogen) atoms. The van der Waals surface area contributed by atoms with Crippen molar-refractivity contribution in [1.82, 2.24) is 0 Å².